The van der Waals surface area contributed by atoms with Crippen LogP contribution in [-0.2, 0) is 0 Å². The third kappa shape index (κ3) is 36.4. The minimum Gasteiger partial charge on any atom is -1.00 e. The van der Waals surface area contributed by atoms with Gasteiger partial charge in [-0.1, -0.05) is 0 Å². The van der Waals surface area contributed by atoms with Crippen molar-refractivity contribution in [1.29, 1.82) is 0 Å². The first-order chi connectivity index (χ1) is 0. The van der Waals surface area contributed by atoms with Crippen molar-refractivity contribution in [2.45, 2.75) is 0 Å². The fourth-order valence-corrected chi connectivity index (χ4v) is 0. The van der Waals surface area contributed by atoms with Crippen LogP contribution in [0, 0.1) is 40.8 Å². The van der Waals surface area contributed by atoms with E-state index in [4.69, 9.17) is 0 Å². The van der Waals surface area contributed by atoms with Crippen molar-refractivity contribution in [1.82, 2.24) is 0 Å². The molecular formula is H5F4NaNd. The summed E-state index contributed by atoms with van der Waals surface area (Å²) in [5, 5.41) is 0. The summed E-state index contributed by atoms with van der Waals surface area (Å²) in [5.74, 6) is 0. The number of rotatable bonds is 0. The van der Waals surface area contributed by atoms with Crippen molar-refractivity contribution >= 4 is 0 Å². The van der Waals surface area contributed by atoms with Gasteiger partial charge in [0.2, 0.25) is 0 Å². The van der Waals surface area contributed by atoms with Gasteiger partial charge in [0.1, 0.15) is 0 Å². The van der Waals surface area contributed by atoms with Gasteiger partial charge in [0.25, 0.3) is 0 Å². The summed E-state index contributed by atoms with van der Waals surface area (Å²) < 4.78 is 0. The van der Waals surface area contributed by atoms with Crippen LogP contribution in [-0.4, -0.2) is 0 Å². The Bertz CT molecular complexity index is 11.7. The van der Waals surface area contributed by atoms with Gasteiger partial charge < -0.3 is 1.43 Å². The van der Waals surface area contributed by atoms with Crippen LogP contribution in [0.1, 0.15) is 1.43 Å². The summed E-state index contributed by atoms with van der Waals surface area (Å²) >= 11 is 0. The molecule has 0 nitrogen and oxygen atoms in total. The van der Waals surface area contributed by atoms with Gasteiger partial charge in [-0.2, -0.15) is 0 Å². The van der Waals surface area contributed by atoms with E-state index in [1.165, 1.54) is 0 Å². The van der Waals surface area contributed by atoms with Crippen LogP contribution >= 0.6 is 0 Å². The molecule has 38 valence electrons. The van der Waals surface area contributed by atoms with E-state index in [0.717, 1.165) is 0 Å². The van der Waals surface area contributed by atoms with Crippen molar-refractivity contribution in [2.24, 2.45) is 0 Å². The first-order valence-electron chi connectivity index (χ1n) is 0. The Balaban J connectivity index is 0. The Hall–Kier alpha value is 2.07. The molecule has 0 aromatic carbocycles. The molecule has 6 heteroatoms. The van der Waals surface area contributed by atoms with Crippen LogP contribution in [0.3, 0.4) is 0 Å². The maximum absolute atomic E-state index is 0. The van der Waals surface area contributed by atoms with Crippen molar-refractivity contribution in [3.8, 4) is 0 Å². The molecule has 0 amide bonds. The molecule has 0 aromatic heterocycles. The van der Waals surface area contributed by atoms with Crippen LogP contribution in [0.2, 0.25) is 0 Å². The molecule has 0 N–H and O–H groups in total. The third-order valence-electron chi connectivity index (χ3n) is 0. The normalized spacial score (nSPS) is 0. The van der Waals surface area contributed by atoms with Gasteiger partial charge in [-0.05, 0) is 0 Å². The molecule has 0 fully saturated rings. The second kappa shape index (κ2) is 60.8. The maximum atomic E-state index is 0. The smallest absolute Gasteiger partial charge is 1.00 e. The largest absolute Gasteiger partial charge is 1.00 e. The molecule has 0 atom stereocenters. The molecule has 0 aliphatic rings. The van der Waals surface area contributed by atoms with E-state index in [2.05, 4.69) is 0 Å². The number of hydrogen-bond donors (Lipinski definition) is 0. The van der Waals surface area contributed by atoms with Crippen LogP contribution in [0.5, 0.6) is 0 Å². The van der Waals surface area contributed by atoms with Gasteiger partial charge in [-0.3, -0.25) is 18.8 Å². The predicted octanol–water partition coefficient (Wildman–Crippen LogP) is -2.27. The molecule has 0 spiro atoms. The van der Waals surface area contributed by atoms with Gasteiger partial charge >= 0.3 is 29.6 Å². The predicted molar refractivity (Wildman–Crippen MR) is 11.1 cm³/mol. The molecule has 0 aromatic rings. The van der Waals surface area contributed by atoms with Gasteiger partial charge in [0.05, 0.1) is 0 Å². The second-order valence-electron chi connectivity index (χ2n) is 0. The Morgan fingerprint density at radius 1 is 0.667 bits per heavy atom. The Labute approximate surface area is 89.2 Å². The van der Waals surface area contributed by atoms with Crippen molar-refractivity contribution in [3.05, 3.63) is 0 Å². The second-order valence-corrected chi connectivity index (χ2v) is 0. The summed E-state index contributed by atoms with van der Waals surface area (Å²) in [6, 6.07) is 0. The standard InChI is InChI=1S/4FH.Na.Nd.H/h4*1H;;;/q;;;;+1;;-1. The molecule has 6 heavy (non-hydrogen) atoms. The van der Waals surface area contributed by atoms with Crippen LogP contribution in [0.15, 0.2) is 0 Å². The monoisotopic (exact) mass is 246 g/mol. The maximum Gasteiger partial charge on any atom is 1.00 e. The van der Waals surface area contributed by atoms with Crippen LogP contribution in [0.4, 0.5) is 18.8 Å². The Kier molecular flexibility index (Phi) is 953. The van der Waals surface area contributed by atoms with Gasteiger partial charge in [0, 0.05) is 40.8 Å². The van der Waals surface area contributed by atoms with E-state index in [0.29, 0.717) is 0 Å². The topological polar surface area (TPSA) is 0 Å². The molecule has 0 aliphatic heterocycles. The molecule has 0 heterocycles. The Morgan fingerprint density at radius 3 is 0.667 bits per heavy atom. The van der Waals surface area contributed by atoms with Gasteiger partial charge in [-0.15, -0.1) is 0 Å². The van der Waals surface area contributed by atoms with Crippen molar-refractivity contribution in [3.63, 3.8) is 0 Å². The number of halogens is 4. The van der Waals surface area contributed by atoms with Crippen molar-refractivity contribution < 1.29 is 90.6 Å². The van der Waals surface area contributed by atoms with Crippen molar-refractivity contribution in [2.75, 3.05) is 0 Å². The summed E-state index contributed by atoms with van der Waals surface area (Å²) in [6.07, 6.45) is 0. The van der Waals surface area contributed by atoms with E-state index in [1.807, 2.05) is 0 Å². The summed E-state index contributed by atoms with van der Waals surface area (Å²) in [6.45, 7) is 0. The zero-order chi connectivity index (χ0) is 0. The van der Waals surface area contributed by atoms with E-state index >= 15 is 0 Å². The molecule has 0 rings (SSSR count). The summed E-state index contributed by atoms with van der Waals surface area (Å²) in [5.41, 5.74) is 0. The summed E-state index contributed by atoms with van der Waals surface area (Å²) in [4.78, 5) is 0. The molecule has 0 saturated heterocycles. The fourth-order valence-electron chi connectivity index (χ4n) is 0. The average molecular weight is 248 g/mol. The van der Waals surface area contributed by atoms with E-state index in [9.17, 15) is 0 Å². The van der Waals surface area contributed by atoms with E-state index in [1.54, 1.807) is 0 Å². The number of hydrogen-bond acceptors (Lipinski definition) is 0. The quantitative estimate of drug-likeness (QED) is 0.335. The molecule has 0 saturated carbocycles. The van der Waals surface area contributed by atoms with E-state index < -0.39 is 0 Å². The molecule has 0 aliphatic carbocycles. The van der Waals surface area contributed by atoms with Crippen LogP contribution in [0.25, 0.3) is 0 Å². The zero-order valence-corrected chi connectivity index (χ0v) is 8.34. The molecule has 0 radical (unpaired) electrons. The fraction of sp³-hybridized carbons (Fsp3) is 0. The third-order valence-corrected chi connectivity index (χ3v) is 0. The van der Waals surface area contributed by atoms with Gasteiger partial charge in [0.15, 0.2) is 0 Å². The van der Waals surface area contributed by atoms with Gasteiger partial charge in [-0.25, -0.2) is 0 Å². The molecule has 0 unspecified atom stereocenters. The molecular weight excluding hydrogens is 243 g/mol. The van der Waals surface area contributed by atoms with E-state index in [-0.39, 0.29) is 90.6 Å². The van der Waals surface area contributed by atoms with Crippen LogP contribution < -0.4 is 29.6 Å². The first-order valence-corrected chi connectivity index (χ1v) is 0. The average Bonchev–Trinajstić information content (AvgIpc) is 0. The summed E-state index contributed by atoms with van der Waals surface area (Å²) in [7, 11) is 0. The first kappa shape index (κ1) is 94.1. The minimum absolute atomic E-state index is 0. The molecule has 0 bridgehead atoms. The SMILES string of the molecule is F.F.F.F.[H-].[Na+].[Nd]. The zero-order valence-electron chi connectivity index (χ0n) is 4.13. The Morgan fingerprint density at radius 2 is 0.667 bits per heavy atom. The minimum atomic E-state index is 0.